The van der Waals surface area contributed by atoms with Crippen LogP contribution in [0.4, 0.5) is 0 Å². The van der Waals surface area contributed by atoms with Gasteiger partial charge in [0.1, 0.15) is 0 Å². The third kappa shape index (κ3) is 3.05. The molecule has 3 aromatic rings. The Hall–Kier alpha value is -2.11. The number of aryl methyl sites for hydroxylation is 1. The van der Waals surface area contributed by atoms with E-state index in [4.69, 9.17) is 10.1 Å². The Balaban J connectivity index is 2.08. The van der Waals surface area contributed by atoms with Crippen molar-refractivity contribution in [3.05, 3.63) is 60.6 Å². The first-order valence-corrected chi connectivity index (χ1v) is 8.07. The zero-order valence-electron chi connectivity index (χ0n) is 12.3. The number of hydrogen-bond donors (Lipinski definition) is 1. The number of aliphatic hydroxyl groups is 1. The van der Waals surface area contributed by atoms with Crippen molar-refractivity contribution in [2.45, 2.75) is 12.1 Å². The van der Waals surface area contributed by atoms with Crippen LogP contribution < -0.4 is 0 Å². The van der Waals surface area contributed by atoms with Crippen LogP contribution in [0.25, 0.3) is 16.9 Å². The fourth-order valence-electron chi connectivity index (χ4n) is 2.26. The van der Waals surface area contributed by atoms with Crippen LogP contribution in [0.1, 0.15) is 5.56 Å². The zero-order chi connectivity index (χ0) is 15.4. The summed E-state index contributed by atoms with van der Waals surface area (Å²) in [6.07, 6.45) is 5.59. The molecule has 112 valence electrons. The number of imidazole rings is 1. The summed E-state index contributed by atoms with van der Waals surface area (Å²) in [5.41, 5.74) is 4.16. The second-order valence-corrected chi connectivity index (χ2v) is 5.94. The minimum Gasteiger partial charge on any atom is -0.396 e. The first-order chi connectivity index (χ1) is 10.8. The molecule has 0 aliphatic rings. The van der Waals surface area contributed by atoms with Gasteiger partial charge in [-0.25, -0.2) is 4.98 Å². The summed E-state index contributed by atoms with van der Waals surface area (Å²) in [7, 11) is 0. The molecule has 0 saturated carbocycles. The fraction of sp³-hybridized carbons (Fsp3) is 0.176. The lowest BCUT2D eigenvalue weighted by Gasteiger charge is -2.09. The van der Waals surface area contributed by atoms with Gasteiger partial charge in [-0.3, -0.25) is 9.55 Å². The van der Waals surface area contributed by atoms with Crippen molar-refractivity contribution in [1.82, 2.24) is 14.5 Å². The van der Waals surface area contributed by atoms with Gasteiger partial charge in [0.2, 0.25) is 0 Å². The van der Waals surface area contributed by atoms with E-state index < -0.39 is 0 Å². The lowest BCUT2D eigenvalue weighted by atomic mass is 10.2. The molecule has 2 heterocycles. The van der Waals surface area contributed by atoms with Gasteiger partial charge in [0, 0.05) is 29.9 Å². The van der Waals surface area contributed by atoms with E-state index in [2.05, 4.69) is 28.6 Å². The smallest absolute Gasteiger partial charge is 0.173 e. The number of benzene rings is 1. The third-order valence-electron chi connectivity index (χ3n) is 3.33. The maximum absolute atomic E-state index is 9.10. The monoisotopic (exact) mass is 311 g/mol. The Labute approximate surface area is 133 Å². The van der Waals surface area contributed by atoms with Gasteiger partial charge < -0.3 is 5.11 Å². The number of nitrogens with zero attached hydrogens (tertiary/aromatic N) is 3. The average molecular weight is 311 g/mol. The maximum atomic E-state index is 9.10. The average Bonchev–Trinajstić information content (AvgIpc) is 2.98. The summed E-state index contributed by atoms with van der Waals surface area (Å²) >= 11 is 1.55. The van der Waals surface area contributed by atoms with E-state index >= 15 is 0 Å². The summed E-state index contributed by atoms with van der Waals surface area (Å²) in [5.74, 6) is 0.620. The summed E-state index contributed by atoms with van der Waals surface area (Å²) in [5, 5.41) is 9.98. The molecule has 1 aromatic carbocycles. The molecule has 0 bridgehead atoms. The Morgan fingerprint density at radius 2 is 2.05 bits per heavy atom. The van der Waals surface area contributed by atoms with Gasteiger partial charge in [-0.15, -0.1) is 0 Å². The van der Waals surface area contributed by atoms with Crippen molar-refractivity contribution in [3.63, 3.8) is 0 Å². The van der Waals surface area contributed by atoms with Crippen LogP contribution in [0.3, 0.4) is 0 Å². The van der Waals surface area contributed by atoms with E-state index in [0.29, 0.717) is 5.75 Å². The molecule has 3 rings (SSSR count). The molecular weight excluding hydrogens is 294 g/mol. The first kappa shape index (κ1) is 14.8. The second-order valence-electron chi connectivity index (χ2n) is 4.88. The van der Waals surface area contributed by atoms with E-state index in [0.717, 1.165) is 22.1 Å². The SMILES string of the molecule is Cc1ccccc1-n1cc(-c2cccnc2)nc1SCCO. The van der Waals surface area contributed by atoms with Crippen molar-refractivity contribution >= 4 is 11.8 Å². The molecule has 0 amide bonds. The van der Waals surface area contributed by atoms with Crippen LogP contribution in [0.5, 0.6) is 0 Å². The van der Waals surface area contributed by atoms with E-state index in [-0.39, 0.29) is 6.61 Å². The third-order valence-corrected chi connectivity index (χ3v) is 4.26. The van der Waals surface area contributed by atoms with Crippen LogP contribution in [-0.4, -0.2) is 32.0 Å². The number of para-hydroxylation sites is 1. The van der Waals surface area contributed by atoms with Crippen LogP contribution in [-0.2, 0) is 0 Å². The lowest BCUT2D eigenvalue weighted by Crippen LogP contribution is -1.98. The van der Waals surface area contributed by atoms with Gasteiger partial charge in [0.05, 0.1) is 18.0 Å². The van der Waals surface area contributed by atoms with E-state index in [1.54, 1.807) is 18.0 Å². The van der Waals surface area contributed by atoms with E-state index in [1.807, 2.05) is 36.7 Å². The Kier molecular flexibility index (Phi) is 4.56. The Morgan fingerprint density at radius 1 is 1.18 bits per heavy atom. The van der Waals surface area contributed by atoms with Crippen molar-refractivity contribution < 1.29 is 5.11 Å². The largest absolute Gasteiger partial charge is 0.396 e. The van der Waals surface area contributed by atoms with Crippen LogP contribution in [0.15, 0.2) is 60.1 Å². The number of hydrogen-bond acceptors (Lipinski definition) is 4. The highest BCUT2D eigenvalue weighted by Crippen LogP contribution is 2.28. The molecule has 0 atom stereocenters. The summed E-state index contributed by atoms with van der Waals surface area (Å²) in [4.78, 5) is 8.87. The molecule has 0 fully saturated rings. The number of aromatic nitrogens is 3. The van der Waals surface area contributed by atoms with Gasteiger partial charge in [-0.2, -0.15) is 0 Å². The lowest BCUT2D eigenvalue weighted by molar-refractivity contribution is 0.322. The molecule has 0 aliphatic carbocycles. The summed E-state index contributed by atoms with van der Waals surface area (Å²) in [6, 6.07) is 12.1. The standard InChI is InChI=1S/C17H17N3OS/c1-13-5-2-3-7-16(13)20-12-15(14-6-4-8-18-11-14)19-17(20)22-10-9-21/h2-8,11-12,21H,9-10H2,1H3. The topological polar surface area (TPSA) is 50.9 Å². The predicted molar refractivity (Wildman–Crippen MR) is 89.3 cm³/mol. The number of aliphatic hydroxyl groups excluding tert-OH is 1. The summed E-state index contributed by atoms with van der Waals surface area (Å²) in [6.45, 7) is 2.22. The highest BCUT2D eigenvalue weighted by atomic mass is 32.2. The molecule has 0 aliphatic heterocycles. The Bertz CT molecular complexity index is 756. The van der Waals surface area contributed by atoms with Gasteiger partial charge in [-0.05, 0) is 30.7 Å². The minimum atomic E-state index is 0.132. The molecule has 22 heavy (non-hydrogen) atoms. The van der Waals surface area contributed by atoms with Gasteiger partial charge >= 0.3 is 0 Å². The minimum absolute atomic E-state index is 0.132. The molecule has 0 unspecified atom stereocenters. The molecular formula is C17H17N3OS. The van der Waals surface area contributed by atoms with E-state index in [9.17, 15) is 0 Å². The predicted octanol–water partition coefficient (Wildman–Crippen LogP) is 3.33. The second kappa shape index (κ2) is 6.77. The molecule has 4 nitrogen and oxygen atoms in total. The quantitative estimate of drug-likeness (QED) is 0.734. The van der Waals surface area contributed by atoms with Crippen molar-refractivity contribution in [2.75, 3.05) is 12.4 Å². The highest BCUT2D eigenvalue weighted by molar-refractivity contribution is 7.99. The van der Waals surface area contributed by atoms with Crippen molar-refractivity contribution in [1.29, 1.82) is 0 Å². The fourth-order valence-corrected chi connectivity index (χ4v) is 2.99. The molecule has 5 heteroatoms. The Morgan fingerprint density at radius 3 is 2.77 bits per heavy atom. The van der Waals surface area contributed by atoms with Gasteiger partial charge in [-0.1, -0.05) is 30.0 Å². The van der Waals surface area contributed by atoms with E-state index in [1.165, 1.54) is 5.56 Å². The molecule has 0 saturated heterocycles. The zero-order valence-corrected chi connectivity index (χ0v) is 13.1. The summed E-state index contributed by atoms with van der Waals surface area (Å²) < 4.78 is 2.08. The number of thioether (sulfide) groups is 1. The molecule has 2 aromatic heterocycles. The van der Waals surface area contributed by atoms with Crippen molar-refractivity contribution in [3.8, 4) is 16.9 Å². The molecule has 1 N–H and O–H groups in total. The molecule has 0 spiro atoms. The number of rotatable bonds is 5. The van der Waals surface area contributed by atoms with Gasteiger partial charge in [0.15, 0.2) is 5.16 Å². The first-order valence-electron chi connectivity index (χ1n) is 7.09. The highest BCUT2D eigenvalue weighted by Gasteiger charge is 2.13. The van der Waals surface area contributed by atoms with Crippen LogP contribution >= 0.6 is 11.8 Å². The normalized spacial score (nSPS) is 10.8. The maximum Gasteiger partial charge on any atom is 0.173 e. The number of pyridine rings is 1. The van der Waals surface area contributed by atoms with Crippen LogP contribution in [0, 0.1) is 6.92 Å². The van der Waals surface area contributed by atoms with Crippen molar-refractivity contribution in [2.24, 2.45) is 0 Å². The molecule has 0 radical (unpaired) electrons. The van der Waals surface area contributed by atoms with Crippen LogP contribution in [0.2, 0.25) is 0 Å². The van der Waals surface area contributed by atoms with Gasteiger partial charge in [0.25, 0.3) is 0 Å².